The summed E-state index contributed by atoms with van der Waals surface area (Å²) < 4.78 is 5.88. The smallest absolute Gasteiger partial charge is 0.284 e. The van der Waals surface area contributed by atoms with Crippen molar-refractivity contribution in [3.63, 3.8) is 0 Å². The van der Waals surface area contributed by atoms with E-state index in [-0.39, 0.29) is 5.91 Å². The van der Waals surface area contributed by atoms with Crippen LogP contribution in [0.25, 0.3) is 11.0 Å². The number of hydrazine groups is 1. The molecular weight excluding hydrogens is 368 g/mol. The van der Waals surface area contributed by atoms with Gasteiger partial charge in [0.2, 0.25) is 5.95 Å². The Bertz CT molecular complexity index is 1100. The van der Waals surface area contributed by atoms with Crippen LogP contribution in [-0.4, -0.2) is 26.5 Å². The van der Waals surface area contributed by atoms with Crippen molar-refractivity contribution in [1.29, 1.82) is 0 Å². The maximum Gasteiger partial charge on any atom is 0.284 e. The first-order chi connectivity index (χ1) is 13.9. The number of nitrogens with zero attached hydrogens (tertiary/aromatic N) is 3. The van der Waals surface area contributed by atoms with Crippen LogP contribution < -0.4 is 20.9 Å². The third-order valence-corrected chi connectivity index (χ3v) is 5.78. The number of nitrogens with one attached hydrogen (secondary N) is 2. The number of H-pyrrole nitrogens is 1. The number of nitrogens with two attached hydrogens (primary N) is 1. The Hall–Kier alpha value is -3.13. The molecule has 3 heterocycles. The predicted octanol–water partition coefficient (Wildman–Crippen LogP) is 3.42. The van der Waals surface area contributed by atoms with Gasteiger partial charge in [-0.15, -0.1) is 0 Å². The summed E-state index contributed by atoms with van der Waals surface area (Å²) in [7, 11) is 0. The topological polar surface area (TPSA) is 109 Å². The molecule has 0 bridgehead atoms. The van der Waals surface area contributed by atoms with Crippen molar-refractivity contribution in [3.8, 4) is 5.75 Å². The van der Waals surface area contributed by atoms with Gasteiger partial charge in [-0.2, -0.15) is 4.98 Å². The van der Waals surface area contributed by atoms with Gasteiger partial charge in [0.1, 0.15) is 17.1 Å². The molecular formula is C21H24N6O2. The van der Waals surface area contributed by atoms with E-state index in [0.29, 0.717) is 23.3 Å². The van der Waals surface area contributed by atoms with Gasteiger partial charge in [-0.05, 0) is 44.4 Å². The summed E-state index contributed by atoms with van der Waals surface area (Å²) in [5, 5.41) is 5.49. The number of carbonyl (C=O) groups is 1. The van der Waals surface area contributed by atoms with E-state index in [9.17, 15) is 4.79 Å². The number of carbonyl (C=O) groups excluding carboxylic acids is 1. The highest BCUT2D eigenvalue weighted by atomic mass is 16.5. The molecule has 3 aromatic rings. The third kappa shape index (κ3) is 3.09. The van der Waals surface area contributed by atoms with E-state index in [2.05, 4.69) is 15.3 Å². The van der Waals surface area contributed by atoms with Crippen LogP contribution in [0.3, 0.4) is 0 Å². The number of aromatic nitrogens is 3. The van der Waals surface area contributed by atoms with Crippen molar-refractivity contribution in [2.75, 3.05) is 10.3 Å². The van der Waals surface area contributed by atoms with Gasteiger partial charge in [-0.1, -0.05) is 19.3 Å². The summed E-state index contributed by atoms with van der Waals surface area (Å²) in [6.45, 7) is 3.40. The molecule has 1 aliphatic carbocycles. The van der Waals surface area contributed by atoms with Crippen molar-refractivity contribution < 1.29 is 9.53 Å². The summed E-state index contributed by atoms with van der Waals surface area (Å²) in [5.74, 6) is 7.46. The quantitative estimate of drug-likeness (QED) is 0.464. The molecule has 8 nitrogen and oxygen atoms in total. The molecule has 0 radical (unpaired) electrons. The van der Waals surface area contributed by atoms with Crippen LogP contribution in [0.2, 0.25) is 0 Å². The molecule has 1 aliphatic heterocycles. The molecule has 1 amide bonds. The fourth-order valence-corrected chi connectivity index (χ4v) is 3.91. The van der Waals surface area contributed by atoms with Gasteiger partial charge in [0.25, 0.3) is 5.91 Å². The normalized spacial score (nSPS) is 18.3. The Morgan fingerprint density at radius 3 is 2.90 bits per heavy atom. The van der Waals surface area contributed by atoms with Gasteiger partial charge in [0.15, 0.2) is 5.60 Å². The lowest BCUT2D eigenvalue weighted by atomic mass is 9.82. The molecule has 0 saturated heterocycles. The summed E-state index contributed by atoms with van der Waals surface area (Å²) in [6, 6.07) is 7.45. The number of hydrogen-bond acceptors (Lipinski definition) is 6. The molecule has 0 atom stereocenters. The lowest BCUT2D eigenvalue weighted by molar-refractivity contribution is -0.132. The van der Waals surface area contributed by atoms with Gasteiger partial charge in [-0.25, -0.2) is 15.8 Å². The lowest BCUT2D eigenvalue weighted by Crippen LogP contribution is -2.55. The minimum atomic E-state index is -1.02. The molecule has 0 unspecified atom stereocenters. The van der Waals surface area contributed by atoms with E-state index in [4.69, 9.17) is 15.6 Å². The Labute approximate surface area is 168 Å². The van der Waals surface area contributed by atoms with Crippen LogP contribution in [0, 0.1) is 5.92 Å². The number of rotatable bonds is 4. The van der Waals surface area contributed by atoms with Crippen molar-refractivity contribution >= 4 is 34.3 Å². The van der Waals surface area contributed by atoms with Crippen LogP contribution in [0.5, 0.6) is 5.75 Å². The number of anilines is 3. The Balaban J connectivity index is 1.46. The van der Waals surface area contributed by atoms with E-state index in [1.807, 2.05) is 24.4 Å². The molecule has 4 N–H and O–H groups in total. The molecule has 1 fully saturated rings. The summed E-state index contributed by atoms with van der Waals surface area (Å²) >= 11 is 0. The average Bonchev–Trinajstić information content (AvgIpc) is 3.11. The predicted molar refractivity (Wildman–Crippen MR) is 111 cm³/mol. The van der Waals surface area contributed by atoms with Crippen molar-refractivity contribution in [3.05, 3.63) is 36.2 Å². The fourth-order valence-electron chi connectivity index (χ4n) is 3.91. The number of hydrogen-bond donors (Lipinski definition) is 3. The van der Waals surface area contributed by atoms with E-state index in [1.165, 1.54) is 19.3 Å². The number of ether oxygens (including phenoxy) is 1. The Kier molecular flexibility index (Phi) is 3.99. The summed E-state index contributed by atoms with van der Waals surface area (Å²) in [5.41, 5.74) is 2.17. The molecule has 8 heteroatoms. The highest BCUT2D eigenvalue weighted by Crippen LogP contribution is 2.38. The van der Waals surface area contributed by atoms with Crippen molar-refractivity contribution in [2.24, 2.45) is 11.8 Å². The number of benzene rings is 1. The fraction of sp³-hybridized carbons (Fsp3) is 0.381. The second-order valence-electron chi connectivity index (χ2n) is 8.33. The van der Waals surface area contributed by atoms with Crippen molar-refractivity contribution in [2.45, 2.75) is 45.1 Å². The summed E-state index contributed by atoms with van der Waals surface area (Å²) in [6.07, 6.45) is 6.71. The molecule has 150 valence electrons. The van der Waals surface area contributed by atoms with Gasteiger partial charge < -0.3 is 15.0 Å². The zero-order chi connectivity index (χ0) is 20.2. The van der Waals surface area contributed by atoms with Crippen molar-refractivity contribution in [1.82, 2.24) is 15.0 Å². The second-order valence-corrected chi connectivity index (χ2v) is 8.33. The number of fused-ring (bicyclic) bond motifs is 2. The lowest BCUT2D eigenvalue weighted by Gasteiger charge is -2.36. The average molecular weight is 392 g/mol. The van der Waals surface area contributed by atoms with Crippen LogP contribution in [0.15, 0.2) is 30.5 Å². The molecule has 1 aromatic carbocycles. The van der Waals surface area contributed by atoms with Gasteiger partial charge >= 0.3 is 0 Å². The van der Waals surface area contributed by atoms with Gasteiger partial charge in [0.05, 0.1) is 5.69 Å². The van der Waals surface area contributed by atoms with Gasteiger partial charge in [0, 0.05) is 23.3 Å². The van der Waals surface area contributed by atoms with E-state index < -0.39 is 5.60 Å². The van der Waals surface area contributed by atoms with Crippen LogP contribution >= 0.6 is 0 Å². The third-order valence-electron chi connectivity index (χ3n) is 5.78. The highest BCUT2D eigenvalue weighted by Gasteiger charge is 2.40. The number of amides is 1. The SMILES string of the molecule is CC1(C)Oc2cc(Nc3nc(CC4CCC4)c4cc[nH]c4n3)ccc2N(N)C1=O. The Morgan fingerprint density at radius 2 is 2.14 bits per heavy atom. The molecule has 29 heavy (non-hydrogen) atoms. The first-order valence-electron chi connectivity index (χ1n) is 9.94. The molecule has 1 saturated carbocycles. The van der Waals surface area contributed by atoms with Gasteiger partial charge in [-0.3, -0.25) is 4.79 Å². The molecule has 2 aliphatic rings. The zero-order valence-electron chi connectivity index (χ0n) is 16.5. The van der Waals surface area contributed by atoms with E-state index in [1.54, 1.807) is 19.9 Å². The maximum atomic E-state index is 12.3. The van der Waals surface area contributed by atoms with Crippen LogP contribution in [-0.2, 0) is 11.2 Å². The van der Waals surface area contributed by atoms with E-state index in [0.717, 1.165) is 33.8 Å². The summed E-state index contributed by atoms with van der Waals surface area (Å²) in [4.78, 5) is 24.9. The minimum Gasteiger partial charge on any atom is -0.476 e. The first kappa shape index (κ1) is 17.9. The minimum absolute atomic E-state index is 0.285. The first-order valence-corrected chi connectivity index (χ1v) is 9.94. The number of aromatic amines is 1. The molecule has 0 spiro atoms. The standard InChI is InChI=1S/C21H24N6O2/c1-21(2)19(28)27(22)16-7-6-13(11-17(16)29-21)24-20-25-15(10-12-4-3-5-12)14-8-9-23-18(14)26-20/h6-9,11-12H,3-5,10,22H2,1-2H3,(H2,23,24,25,26). The Morgan fingerprint density at radius 1 is 1.31 bits per heavy atom. The van der Waals surface area contributed by atoms with E-state index >= 15 is 0 Å². The largest absolute Gasteiger partial charge is 0.476 e. The van der Waals surface area contributed by atoms with Crippen LogP contribution in [0.4, 0.5) is 17.3 Å². The second kappa shape index (κ2) is 6.45. The van der Waals surface area contributed by atoms with Crippen LogP contribution in [0.1, 0.15) is 38.8 Å². The maximum absolute atomic E-state index is 12.3. The highest BCUT2D eigenvalue weighted by molar-refractivity contribution is 6.01. The molecule has 2 aromatic heterocycles. The zero-order valence-corrected chi connectivity index (χ0v) is 16.5. The monoisotopic (exact) mass is 392 g/mol. The molecule has 5 rings (SSSR count).